The summed E-state index contributed by atoms with van der Waals surface area (Å²) in [7, 11) is 3.14. The Morgan fingerprint density at radius 1 is 1.11 bits per heavy atom. The summed E-state index contributed by atoms with van der Waals surface area (Å²) in [4.78, 5) is 14.5. The second kappa shape index (κ2) is 6.96. The number of hydrogen-bond donors (Lipinski definition) is 1. The highest BCUT2D eigenvalue weighted by molar-refractivity contribution is 7.17. The van der Waals surface area contributed by atoms with E-state index in [-0.39, 0.29) is 5.91 Å². The molecule has 0 fully saturated rings. The van der Waals surface area contributed by atoms with Gasteiger partial charge in [-0.05, 0) is 36.8 Å². The fourth-order valence-electron chi connectivity index (χ4n) is 3.17. The Labute approximate surface area is 161 Å². The Morgan fingerprint density at radius 3 is 2.70 bits per heavy atom. The van der Waals surface area contributed by atoms with Gasteiger partial charge in [0.25, 0.3) is 5.91 Å². The molecule has 0 radical (unpaired) electrons. The molecule has 1 aliphatic heterocycles. The summed E-state index contributed by atoms with van der Waals surface area (Å²) in [5, 5.41) is 2.93. The first-order chi connectivity index (χ1) is 13.1. The molecule has 5 nitrogen and oxygen atoms in total. The average Bonchev–Trinajstić information content (AvgIpc) is 3.12. The van der Waals surface area contributed by atoms with Crippen LogP contribution in [0.4, 0.5) is 5.69 Å². The number of amides is 1. The van der Waals surface area contributed by atoms with Crippen molar-refractivity contribution in [3.05, 3.63) is 58.5 Å². The van der Waals surface area contributed by atoms with Crippen molar-refractivity contribution in [2.75, 3.05) is 19.5 Å². The van der Waals surface area contributed by atoms with E-state index >= 15 is 0 Å². The molecular weight excluding hydrogens is 362 g/mol. The van der Waals surface area contributed by atoms with Crippen LogP contribution in [0.2, 0.25) is 0 Å². The minimum atomic E-state index is -0.156. The van der Waals surface area contributed by atoms with E-state index in [0.717, 1.165) is 27.3 Å². The number of thiophene rings is 1. The lowest BCUT2D eigenvalue weighted by Gasteiger charge is -2.19. The van der Waals surface area contributed by atoms with Gasteiger partial charge in [0.2, 0.25) is 0 Å². The molecule has 0 aliphatic carbocycles. The normalized spacial score (nSPS) is 11.8. The maximum absolute atomic E-state index is 12.8. The van der Waals surface area contributed by atoms with Crippen LogP contribution in [-0.4, -0.2) is 20.1 Å². The van der Waals surface area contributed by atoms with Gasteiger partial charge in [-0.3, -0.25) is 4.79 Å². The molecule has 0 spiro atoms. The number of rotatable bonds is 4. The number of methoxy groups -OCH3 is 2. The van der Waals surface area contributed by atoms with Crippen molar-refractivity contribution in [2.45, 2.75) is 13.5 Å². The first kappa shape index (κ1) is 17.4. The number of ether oxygens (including phenoxy) is 3. The van der Waals surface area contributed by atoms with Crippen molar-refractivity contribution in [1.82, 2.24) is 0 Å². The van der Waals surface area contributed by atoms with Crippen LogP contribution in [0.1, 0.15) is 20.8 Å². The van der Waals surface area contributed by atoms with E-state index < -0.39 is 0 Å². The standard InChI is InChI=1S/C21H19NO4S/c1-12-5-4-6-16-19(12)20-13(11-26-16)9-18(27-20)21(23)22-14-7-8-15(24-2)17(10-14)25-3/h4-10H,11H2,1-3H3,(H,22,23). The molecule has 0 saturated carbocycles. The molecule has 2 aromatic carbocycles. The first-order valence-electron chi connectivity index (χ1n) is 8.49. The van der Waals surface area contributed by atoms with Gasteiger partial charge >= 0.3 is 0 Å². The highest BCUT2D eigenvalue weighted by Gasteiger charge is 2.24. The van der Waals surface area contributed by atoms with Gasteiger partial charge in [-0.25, -0.2) is 0 Å². The molecule has 0 bridgehead atoms. The Kier molecular flexibility index (Phi) is 4.49. The third-order valence-electron chi connectivity index (χ3n) is 4.52. The molecular formula is C21H19NO4S. The van der Waals surface area contributed by atoms with Crippen molar-refractivity contribution in [3.63, 3.8) is 0 Å². The zero-order valence-electron chi connectivity index (χ0n) is 15.3. The second-order valence-corrected chi connectivity index (χ2v) is 7.28. The SMILES string of the molecule is COc1ccc(NC(=O)c2cc3c(s2)-c2c(C)cccc2OC3)cc1OC. The van der Waals surface area contributed by atoms with Crippen molar-refractivity contribution >= 4 is 22.9 Å². The summed E-state index contributed by atoms with van der Waals surface area (Å²) in [6, 6.07) is 13.2. The molecule has 138 valence electrons. The van der Waals surface area contributed by atoms with Crippen molar-refractivity contribution in [1.29, 1.82) is 0 Å². The Bertz CT molecular complexity index is 1030. The number of aryl methyl sites for hydroxylation is 1. The third-order valence-corrected chi connectivity index (χ3v) is 5.71. The third kappa shape index (κ3) is 3.13. The minimum Gasteiger partial charge on any atom is -0.493 e. The molecule has 3 aromatic rings. The number of anilines is 1. The van der Waals surface area contributed by atoms with E-state index in [4.69, 9.17) is 14.2 Å². The average molecular weight is 381 g/mol. The number of carbonyl (C=O) groups excluding carboxylic acids is 1. The van der Waals surface area contributed by atoms with Crippen LogP contribution < -0.4 is 19.5 Å². The Morgan fingerprint density at radius 2 is 1.93 bits per heavy atom. The first-order valence-corrected chi connectivity index (χ1v) is 9.31. The van der Waals surface area contributed by atoms with Crippen LogP contribution in [0.25, 0.3) is 10.4 Å². The lowest BCUT2D eigenvalue weighted by Crippen LogP contribution is -2.10. The molecule has 0 saturated heterocycles. The van der Waals surface area contributed by atoms with Gasteiger partial charge < -0.3 is 19.5 Å². The van der Waals surface area contributed by atoms with Crippen LogP contribution >= 0.6 is 11.3 Å². The van der Waals surface area contributed by atoms with Crippen LogP contribution in [0.5, 0.6) is 17.2 Å². The summed E-state index contributed by atoms with van der Waals surface area (Å²) in [6.45, 7) is 2.53. The molecule has 1 aromatic heterocycles. The lowest BCUT2D eigenvalue weighted by atomic mass is 10.0. The smallest absolute Gasteiger partial charge is 0.265 e. The summed E-state index contributed by atoms with van der Waals surface area (Å²) >= 11 is 1.49. The largest absolute Gasteiger partial charge is 0.493 e. The topological polar surface area (TPSA) is 56.8 Å². The second-order valence-electron chi connectivity index (χ2n) is 6.23. The molecule has 4 rings (SSSR count). The van der Waals surface area contributed by atoms with E-state index in [1.807, 2.05) is 18.2 Å². The molecule has 1 aliphatic rings. The van der Waals surface area contributed by atoms with Crippen LogP contribution in [-0.2, 0) is 6.61 Å². The zero-order chi connectivity index (χ0) is 19.0. The Balaban J connectivity index is 1.63. The highest BCUT2D eigenvalue weighted by Crippen LogP contribution is 2.44. The van der Waals surface area contributed by atoms with Gasteiger partial charge in [-0.15, -0.1) is 11.3 Å². The quantitative estimate of drug-likeness (QED) is 0.699. The number of nitrogens with one attached hydrogen (secondary N) is 1. The molecule has 0 atom stereocenters. The molecule has 6 heteroatoms. The predicted octanol–water partition coefficient (Wildman–Crippen LogP) is 4.89. The predicted molar refractivity (Wildman–Crippen MR) is 106 cm³/mol. The minimum absolute atomic E-state index is 0.156. The van der Waals surface area contributed by atoms with Crippen molar-refractivity contribution in [2.24, 2.45) is 0 Å². The molecule has 1 N–H and O–H groups in total. The molecule has 0 unspecified atom stereocenters. The monoisotopic (exact) mass is 381 g/mol. The zero-order valence-corrected chi connectivity index (χ0v) is 16.1. The van der Waals surface area contributed by atoms with E-state index in [2.05, 4.69) is 18.3 Å². The van der Waals surface area contributed by atoms with E-state index in [1.165, 1.54) is 11.3 Å². The van der Waals surface area contributed by atoms with Crippen LogP contribution in [0.15, 0.2) is 42.5 Å². The highest BCUT2D eigenvalue weighted by atomic mass is 32.1. The van der Waals surface area contributed by atoms with Gasteiger partial charge in [0.1, 0.15) is 12.4 Å². The van der Waals surface area contributed by atoms with Gasteiger partial charge in [0.15, 0.2) is 11.5 Å². The van der Waals surface area contributed by atoms with Crippen LogP contribution in [0.3, 0.4) is 0 Å². The molecule has 27 heavy (non-hydrogen) atoms. The molecule has 2 heterocycles. The molecule has 1 amide bonds. The van der Waals surface area contributed by atoms with Gasteiger partial charge in [-0.1, -0.05) is 12.1 Å². The summed E-state index contributed by atoms with van der Waals surface area (Å²) < 4.78 is 16.4. The van der Waals surface area contributed by atoms with Crippen LogP contribution in [0, 0.1) is 6.92 Å². The number of carbonyl (C=O) groups is 1. The fraction of sp³-hybridized carbons (Fsp3) is 0.190. The lowest BCUT2D eigenvalue weighted by molar-refractivity contribution is 0.103. The Hall–Kier alpha value is -2.99. The summed E-state index contributed by atoms with van der Waals surface area (Å²) in [6.07, 6.45) is 0. The number of fused-ring (bicyclic) bond motifs is 3. The van der Waals surface area contributed by atoms with Gasteiger partial charge in [0, 0.05) is 27.8 Å². The summed E-state index contributed by atoms with van der Waals surface area (Å²) in [5.74, 6) is 1.90. The number of hydrogen-bond acceptors (Lipinski definition) is 5. The van der Waals surface area contributed by atoms with Gasteiger partial charge in [0.05, 0.1) is 19.1 Å². The van der Waals surface area contributed by atoms with Crippen molar-refractivity contribution in [3.8, 4) is 27.7 Å². The summed E-state index contributed by atoms with van der Waals surface area (Å²) in [5.41, 5.74) is 3.91. The number of benzene rings is 2. The van der Waals surface area contributed by atoms with Crippen molar-refractivity contribution < 1.29 is 19.0 Å². The maximum atomic E-state index is 12.8. The fourth-order valence-corrected chi connectivity index (χ4v) is 4.35. The van der Waals surface area contributed by atoms with E-state index in [9.17, 15) is 4.79 Å². The van der Waals surface area contributed by atoms with Gasteiger partial charge in [-0.2, -0.15) is 0 Å². The van der Waals surface area contributed by atoms with E-state index in [1.54, 1.807) is 32.4 Å². The maximum Gasteiger partial charge on any atom is 0.265 e. The van der Waals surface area contributed by atoms with E-state index in [0.29, 0.717) is 28.7 Å².